The molecule has 0 saturated carbocycles. The summed E-state index contributed by atoms with van der Waals surface area (Å²) < 4.78 is 0. The lowest BCUT2D eigenvalue weighted by Crippen LogP contribution is -2.55. The monoisotopic (exact) mass is 452 g/mol. The Bertz CT molecular complexity index is 759. The van der Waals surface area contributed by atoms with Crippen LogP contribution in [0.2, 0.25) is 5.02 Å². The first-order valence-corrected chi connectivity index (χ1v) is 8.04. The van der Waals surface area contributed by atoms with Gasteiger partial charge in [0, 0.05) is 16.1 Å². The summed E-state index contributed by atoms with van der Waals surface area (Å²) in [4.78, 5) is 25.3. The van der Waals surface area contributed by atoms with Crippen molar-refractivity contribution in [3.8, 4) is 0 Å². The molecule has 0 aliphatic heterocycles. The van der Waals surface area contributed by atoms with Gasteiger partial charge in [-0.15, -0.1) is 37.2 Å². The van der Waals surface area contributed by atoms with E-state index in [1.54, 1.807) is 36.4 Å². The number of benzene rings is 2. The Labute approximate surface area is 183 Å². The number of hydrogen-bond acceptors (Lipinski definition) is 2. The van der Waals surface area contributed by atoms with Crippen LogP contribution in [0.3, 0.4) is 0 Å². The Morgan fingerprint density at radius 2 is 1.48 bits per heavy atom. The number of hydrogen-bond donors (Lipinski definition) is 1. The van der Waals surface area contributed by atoms with Gasteiger partial charge < -0.3 is 0 Å². The summed E-state index contributed by atoms with van der Waals surface area (Å²) in [5.74, 6) is -0.615. The lowest BCUT2D eigenvalue weighted by atomic mass is 10.1. The fraction of sp³-hybridized carbons (Fsp3) is 0.263. The maximum Gasteiger partial charge on any atom is 0.272 e. The summed E-state index contributed by atoms with van der Waals surface area (Å²) in [6.07, 6.45) is 0. The van der Waals surface area contributed by atoms with E-state index < -0.39 is 5.54 Å². The van der Waals surface area contributed by atoms with Crippen LogP contribution in [0.25, 0.3) is 0 Å². The zero-order valence-corrected chi connectivity index (χ0v) is 18.7. The van der Waals surface area contributed by atoms with Crippen molar-refractivity contribution >= 4 is 60.6 Å². The van der Waals surface area contributed by atoms with Crippen LogP contribution in [0.4, 0.5) is 0 Å². The van der Waals surface area contributed by atoms with Gasteiger partial charge >= 0.3 is 0 Å². The Morgan fingerprint density at radius 3 is 1.96 bits per heavy atom. The number of carbonyl (C=O) groups excluding carboxylic acids is 2. The highest BCUT2D eigenvalue weighted by atomic mass is 35.5. The molecule has 0 aromatic heterocycles. The highest BCUT2D eigenvalue weighted by Crippen LogP contribution is 2.17. The van der Waals surface area contributed by atoms with Gasteiger partial charge in [0.1, 0.15) is 0 Å². The van der Waals surface area contributed by atoms with E-state index in [9.17, 15) is 9.59 Å². The largest absolute Gasteiger partial charge is 0.272 e. The second kappa shape index (κ2) is 11.4. The van der Waals surface area contributed by atoms with Crippen LogP contribution in [0.1, 0.15) is 47.1 Å². The molecule has 150 valence electrons. The first-order valence-electron chi connectivity index (χ1n) is 7.66. The average molecular weight is 454 g/mol. The molecule has 0 unspecified atom stereocenters. The van der Waals surface area contributed by atoms with Crippen LogP contribution < -0.4 is 5.43 Å². The smallest absolute Gasteiger partial charge is 0.267 e. The molecule has 2 aromatic rings. The molecule has 27 heavy (non-hydrogen) atoms. The minimum absolute atomic E-state index is 0. The molecule has 0 bridgehead atoms. The van der Waals surface area contributed by atoms with Crippen molar-refractivity contribution in [3.63, 3.8) is 0 Å². The van der Waals surface area contributed by atoms with Crippen LogP contribution >= 0.6 is 48.8 Å². The van der Waals surface area contributed by atoms with Gasteiger partial charge in [0.2, 0.25) is 0 Å². The SMILES string of the molecule is Cc1cccc(C(=O)N(NC(=O)c2ccc(Cl)cc2)C(C)(C)C)c1.Cl.Cl.Cl. The molecule has 0 spiro atoms. The van der Waals surface area contributed by atoms with Gasteiger partial charge in [-0.05, 0) is 64.1 Å². The molecule has 8 heteroatoms. The summed E-state index contributed by atoms with van der Waals surface area (Å²) in [6, 6.07) is 13.8. The van der Waals surface area contributed by atoms with Crippen LogP contribution in [0, 0.1) is 6.92 Å². The van der Waals surface area contributed by atoms with E-state index >= 15 is 0 Å². The molecular formula is C19H24Cl4N2O2. The minimum atomic E-state index is -0.580. The van der Waals surface area contributed by atoms with Gasteiger partial charge in [-0.25, -0.2) is 5.01 Å². The molecule has 0 atom stereocenters. The highest BCUT2D eigenvalue weighted by molar-refractivity contribution is 6.30. The van der Waals surface area contributed by atoms with Crippen molar-refractivity contribution in [2.45, 2.75) is 33.2 Å². The Hall–Kier alpha value is -1.46. The summed E-state index contributed by atoms with van der Waals surface area (Å²) >= 11 is 5.84. The maximum atomic E-state index is 12.9. The molecule has 4 nitrogen and oxygen atoms in total. The van der Waals surface area contributed by atoms with Crippen molar-refractivity contribution in [2.24, 2.45) is 0 Å². The first kappa shape index (κ1) is 27.8. The Morgan fingerprint density at radius 1 is 0.926 bits per heavy atom. The minimum Gasteiger partial charge on any atom is -0.267 e. The van der Waals surface area contributed by atoms with Crippen molar-refractivity contribution in [1.82, 2.24) is 10.4 Å². The maximum absolute atomic E-state index is 12.9. The molecule has 2 aromatic carbocycles. The summed E-state index contributed by atoms with van der Waals surface area (Å²) in [6.45, 7) is 7.51. The average Bonchev–Trinajstić information content (AvgIpc) is 2.51. The van der Waals surface area contributed by atoms with Crippen molar-refractivity contribution in [2.75, 3.05) is 0 Å². The molecular weight excluding hydrogens is 430 g/mol. The fourth-order valence-corrected chi connectivity index (χ4v) is 2.32. The van der Waals surface area contributed by atoms with E-state index in [0.29, 0.717) is 16.1 Å². The molecule has 0 heterocycles. The number of halogens is 4. The molecule has 0 aliphatic rings. The zero-order valence-electron chi connectivity index (χ0n) is 15.5. The summed E-state index contributed by atoms with van der Waals surface area (Å²) in [5, 5.41) is 1.91. The number of aryl methyl sites for hydroxylation is 1. The Balaban J connectivity index is 0. The van der Waals surface area contributed by atoms with Crippen LogP contribution in [0.15, 0.2) is 48.5 Å². The molecule has 0 radical (unpaired) electrons. The lowest BCUT2D eigenvalue weighted by molar-refractivity contribution is 0.0358. The summed E-state index contributed by atoms with van der Waals surface area (Å²) in [7, 11) is 0. The van der Waals surface area contributed by atoms with E-state index in [1.165, 1.54) is 5.01 Å². The van der Waals surface area contributed by atoms with Gasteiger partial charge in [0.15, 0.2) is 0 Å². The van der Waals surface area contributed by atoms with Crippen molar-refractivity contribution in [3.05, 3.63) is 70.2 Å². The van der Waals surface area contributed by atoms with Gasteiger partial charge in [-0.1, -0.05) is 29.3 Å². The standard InChI is InChI=1S/C19H21ClN2O2.3ClH/c1-13-6-5-7-15(12-13)18(24)22(19(2,3)4)21-17(23)14-8-10-16(20)11-9-14;;;/h5-12H,1-4H3,(H,21,23);3*1H. The molecule has 0 saturated heterocycles. The second-order valence-corrected chi connectivity index (χ2v) is 7.07. The number of carbonyl (C=O) groups is 2. The van der Waals surface area contributed by atoms with E-state index in [4.69, 9.17) is 11.6 Å². The number of nitrogens with one attached hydrogen (secondary N) is 1. The molecule has 0 aliphatic carbocycles. The first-order chi connectivity index (χ1) is 11.2. The van der Waals surface area contributed by atoms with E-state index in [-0.39, 0.29) is 49.0 Å². The van der Waals surface area contributed by atoms with Crippen LogP contribution in [-0.4, -0.2) is 22.4 Å². The molecule has 2 amide bonds. The number of nitrogens with zero attached hydrogens (tertiary/aromatic N) is 1. The fourth-order valence-electron chi connectivity index (χ4n) is 2.20. The number of amides is 2. The van der Waals surface area contributed by atoms with E-state index in [1.807, 2.05) is 39.8 Å². The third-order valence-electron chi connectivity index (χ3n) is 3.46. The van der Waals surface area contributed by atoms with E-state index in [0.717, 1.165) is 5.56 Å². The molecule has 2 rings (SSSR count). The third kappa shape index (κ3) is 7.59. The van der Waals surface area contributed by atoms with Crippen molar-refractivity contribution < 1.29 is 9.59 Å². The third-order valence-corrected chi connectivity index (χ3v) is 3.71. The van der Waals surface area contributed by atoms with Gasteiger partial charge in [-0.3, -0.25) is 15.0 Å². The van der Waals surface area contributed by atoms with Gasteiger partial charge in [0.05, 0.1) is 5.54 Å². The van der Waals surface area contributed by atoms with E-state index in [2.05, 4.69) is 5.43 Å². The lowest BCUT2D eigenvalue weighted by Gasteiger charge is -2.35. The highest BCUT2D eigenvalue weighted by Gasteiger charge is 2.29. The zero-order chi connectivity index (χ0) is 17.9. The number of rotatable bonds is 2. The topological polar surface area (TPSA) is 49.4 Å². The van der Waals surface area contributed by atoms with Crippen LogP contribution in [-0.2, 0) is 0 Å². The van der Waals surface area contributed by atoms with Crippen LogP contribution in [0.5, 0.6) is 0 Å². The predicted octanol–water partition coefficient (Wildman–Crippen LogP) is 5.50. The van der Waals surface area contributed by atoms with Crippen molar-refractivity contribution in [1.29, 1.82) is 0 Å². The summed E-state index contributed by atoms with van der Waals surface area (Å²) in [5.41, 5.74) is 4.08. The number of hydrazine groups is 1. The van der Waals surface area contributed by atoms with Gasteiger partial charge in [0.25, 0.3) is 11.8 Å². The van der Waals surface area contributed by atoms with Gasteiger partial charge in [-0.2, -0.15) is 0 Å². The predicted molar refractivity (Wildman–Crippen MR) is 118 cm³/mol. The molecule has 1 N–H and O–H groups in total. The Kier molecular flexibility index (Phi) is 11.7. The second-order valence-electron chi connectivity index (χ2n) is 6.63. The normalized spacial score (nSPS) is 9.81. The quantitative estimate of drug-likeness (QED) is 0.610. The molecule has 0 fully saturated rings.